The minimum atomic E-state index is 0.146. The van der Waals surface area contributed by atoms with Crippen LogP contribution in [0.25, 0.3) is 0 Å². The molecule has 16 heavy (non-hydrogen) atoms. The van der Waals surface area contributed by atoms with E-state index in [1.54, 1.807) is 16.2 Å². The number of hydrogen-bond acceptors (Lipinski definition) is 2. The maximum Gasteiger partial charge on any atom is 0.263 e. The Bertz CT molecular complexity index is 395. The van der Waals surface area contributed by atoms with Gasteiger partial charge in [-0.3, -0.25) is 4.79 Å². The van der Waals surface area contributed by atoms with E-state index in [1.807, 2.05) is 14.1 Å². The Morgan fingerprint density at radius 1 is 1.56 bits per heavy atom. The molecule has 1 aliphatic rings. The molecule has 1 aromatic rings. The summed E-state index contributed by atoms with van der Waals surface area (Å²) in [6.07, 6.45) is 4.88. The molecule has 88 valence electrons. The highest BCUT2D eigenvalue weighted by molar-refractivity contribution is 7.14. The van der Waals surface area contributed by atoms with Gasteiger partial charge in [0.2, 0.25) is 0 Å². The molecule has 2 rings (SSSR count). The Morgan fingerprint density at radius 2 is 2.31 bits per heavy atom. The van der Waals surface area contributed by atoms with Gasteiger partial charge in [-0.15, -0.1) is 11.3 Å². The largest absolute Gasteiger partial charge is 0.344 e. The van der Waals surface area contributed by atoms with Crippen LogP contribution in [-0.4, -0.2) is 24.9 Å². The summed E-state index contributed by atoms with van der Waals surface area (Å²) in [7, 11) is 3.63. The zero-order chi connectivity index (χ0) is 11.7. The van der Waals surface area contributed by atoms with E-state index in [-0.39, 0.29) is 5.91 Å². The number of nitrogens with zero attached hydrogens (tertiary/aromatic N) is 1. The third-order valence-electron chi connectivity index (χ3n) is 3.38. The normalized spacial score (nSPS) is 19.3. The summed E-state index contributed by atoms with van der Waals surface area (Å²) < 4.78 is 0. The summed E-state index contributed by atoms with van der Waals surface area (Å²) in [6.45, 7) is 2.26. The number of hydrogen-bond donors (Lipinski definition) is 0. The standard InChI is InChI=1S/C13H19NOS/c1-4-9-5-6-11-10(7-9)8-12(16-11)13(15)14(2)3/h8-9H,4-7H2,1-3H3/t9-/m0/s1. The molecule has 1 atom stereocenters. The van der Waals surface area contributed by atoms with Gasteiger partial charge in [-0.1, -0.05) is 13.3 Å². The molecule has 0 radical (unpaired) electrons. The molecule has 1 aliphatic carbocycles. The smallest absolute Gasteiger partial charge is 0.263 e. The monoisotopic (exact) mass is 237 g/mol. The molecule has 1 aromatic heterocycles. The van der Waals surface area contributed by atoms with Gasteiger partial charge in [0.1, 0.15) is 0 Å². The minimum Gasteiger partial charge on any atom is -0.344 e. The fourth-order valence-corrected chi connectivity index (χ4v) is 3.50. The second-order valence-corrected chi connectivity index (χ2v) is 5.91. The summed E-state index contributed by atoms with van der Waals surface area (Å²) in [5.74, 6) is 0.969. The highest BCUT2D eigenvalue weighted by Crippen LogP contribution is 2.33. The van der Waals surface area contributed by atoms with Crippen molar-refractivity contribution in [3.8, 4) is 0 Å². The van der Waals surface area contributed by atoms with Crippen molar-refractivity contribution in [1.29, 1.82) is 0 Å². The van der Waals surface area contributed by atoms with Crippen molar-refractivity contribution < 1.29 is 4.79 Å². The average Bonchev–Trinajstić information content (AvgIpc) is 2.69. The Hall–Kier alpha value is -0.830. The van der Waals surface area contributed by atoms with Gasteiger partial charge in [0.05, 0.1) is 4.88 Å². The first-order chi connectivity index (χ1) is 7.61. The fraction of sp³-hybridized carbons (Fsp3) is 0.615. The average molecular weight is 237 g/mol. The molecule has 0 bridgehead atoms. The van der Waals surface area contributed by atoms with Crippen molar-refractivity contribution in [2.75, 3.05) is 14.1 Å². The van der Waals surface area contributed by atoms with Gasteiger partial charge in [-0.05, 0) is 36.8 Å². The second-order valence-electron chi connectivity index (χ2n) is 4.78. The molecule has 2 nitrogen and oxygen atoms in total. The lowest BCUT2D eigenvalue weighted by Crippen LogP contribution is -2.20. The SMILES string of the molecule is CC[C@H]1CCc2sc(C(=O)N(C)C)cc2C1. The summed E-state index contributed by atoms with van der Waals surface area (Å²) in [5.41, 5.74) is 1.42. The topological polar surface area (TPSA) is 20.3 Å². The molecule has 3 heteroatoms. The van der Waals surface area contributed by atoms with Crippen molar-refractivity contribution in [2.24, 2.45) is 5.92 Å². The van der Waals surface area contributed by atoms with Crippen LogP contribution in [0.1, 0.15) is 39.9 Å². The number of rotatable bonds is 2. The lowest BCUT2D eigenvalue weighted by molar-refractivity contribution is 0.0832. The molecular weight excluding hydrogens is 218 g/mol. The maximum absolute atomic E-state index is 11.8. The molecule has 0 saturated carbocycles. The van der Waals surface area contributed by atoms with Gasteiger partial charge in [0.15, 0.2) is 0 Å². The van der Waals surface area contributed by atoms with Crippen LogP contribution in [0.3, 0.4) is 0 Å². The number of carbonyl (C=O) groups excluding carboxylic acids is 1. The van der Waals surface area contributed by atoms with Gasteiger partial charge in [0.25, 0.3) is 5.91 Å². The van der Waals surface area contributed by atoms with Crippen LogP contribution in [-0.2, 0) is 12.8 Å². The minimum absolute atomic E-state index is 0.146. The van der Waals surface area contributed by atoms with Crippen LogP contribution < -0.4 is 0 Å². The summed E-state index contributed by atoms with van der Waals surface area (Å²) >= 11 is 1.69. The number of amides is 1. The van der Waals surface area contributed by atoms with Gasteiger partial charge in [-0.25, -0.2) is 0 Å². The summed E-state index contributed by atoms with van der Waals surface area (Å²) in [5, 5.41) is 0. The Morgan fingerprint density at radius 3 is 2.94 bits per heavy atom. The van der Waals surface area contributed by atoms with Gasteiger partial charge in [0, 0.05) is 19.0 Å². The zero-order valence-corrected chi connectivity index (χ0v) is 11.1. The van der Waals surface area contributed by atoms with Crippen LogP contribution >= 0.6 is 11.3 Å². The summed E-state index contributed by atoms with van der Waals surface area (Å²) in [4.78, 5) is 15.9. The van der Waals surface area contributed by atoms with Gasteiger partial charge >= 0.3 is 0 Å². The predicted octanol–water partition coefficient (Wildman–Crippen LogP) is 2.96. The van der Waals surface area contributed by atoms with Gasteiger partial charge in [-0.2, -0.15) is 0 Å². The van der Waals surface area contributed by atoms with E-state index in [1.165, 1.54) is 36.1 Å². The first kappa shape index (κ1) is 11.6. The Labute approximate surface area is 101 Å². The van der Waals surface area contributed by atoms with Crippen molar-refractivity contribution in [3.05, 3.63) is 21.4 Å². The predicted molar refractivity (Wildman–Crippen MR) is 68.1 cm³/mol. The number of fused-ring (bicyclic) bond motifs is 1. The van der Waals surface area contributed by atoms with E-state index >= 15 is 0 Å². The van der Waals surface area contributed by atoms with E-state index < -0.39 is 0 Å². The number of carbonyl (C=O) groups is 1. The highest BCUT2D eigenvalue weighted by atomic mass is 32.1. The van der Waals surface area contributed by atoms with E-state index in [9.17, 15) is 4.79 Å². The molecule has 0 aromatic carbocycles. The Balaban J connectivity index is 2.21. The van der Waals surface area contributed by atoms with Crippen molar-refractivity contribution in [3.63, 3.8) is 0 Å². The molecule has 0 unspecified atom stereocenters. The molecule has 1 heterocycles. The quantitative estimate of drug-likeness (QED) is 0.774. The third kappa shape index (κ3) is 2.14. The fourth-order valence-electron chi connectivity index (χ4n) is 2.27. The van der Waals surface area contributed by atoms with Crippen LogP contribution in [0, 0.1) is 5.92 Å². The lowest BCUT2D eigenvalue weighted by Gasteiger charge is -2.19. The number of thiophene rings is 1. The van der Waals surface area contributed by atoms with Crippen LogP contribution in [0.2, 0.25) is 0 Å². The molecule has 0 fully saturated rings. The first-order valence-electron chi connectivity index (χ1n) is 5.95. The highest BCUT2D eigenvalue weighted by Gasteiger charge is 2.22. The molecule has 0 N–H and O–H groups in total. The first-order valence-corrected chi connectivity index (χ1v) is 6.76. The van der Waals surface area contributed by atoms with Crippen LogP contribution in [0.5, 0.6) is 0 Å². The zero-order valence-electron chi connectivity index (χ0n) is 10.2. The molecule has 0 aliphatic heterocycles. The Kier molecular flexibility index (Phi) is 3.33. The van der Waals surface area contributed by atoms with E-state index in [0.29, 0.717) is 0 Å². The molecule has 0 saturated heterocycles. The van der Waals surface area contributed by atoms with Crippen molar-refractivity contribution in [2.45, 2.75) is 32.6 Å². The van der Waals surface area contributed by atoms with Crippen LogP contribution in [0.4, 0.5) is 0 Å². The molecule has 0 spiro atoms. The molecule has 1 amide bonds. The van der Waals surface area contributed by atoms with Crippen molar-refractivity contribution >= 4 is 17.2 Å². The van der Waals surface area contributed by atoms with Crippen molar-refractivity contribution in [1.82, 2.24) is 4.90 Å². The van der Waals surface area contributed by atoms with E-state index in [0.717, 1.165) is 10.8 Å². The van der Waals surface area contributed by atoms with E-state index in [4.69, 9.17) is 0 Å². The number of aryl methyl sites for hydroxylation is 1. The van der Waals surface area contributed by atoms with Crippen LogP contribution in [0.15, 0.2) is 6.07 Å². The molecular formula is C13H19NOS. The lowest BCUT2D eigenvalue weighted by atomic mass is 9.87. The second kappa shape index (κ2) is 4.58. The summed E-state index contributed by atoms with van der Waals surface area (Å²) in [6, 6.07) is 2.12. The van der Waals surface area contributed by atoms with Gasteiger partial charge < -0.3 is 4.90 Å². The third-order valence-corrected chi connectivity index (χ3v) is 4.60. The maximum atomic E-state index is 11.8. The van der Waals surface area contributed by atoms with E-state index in [2.05, 4.69) is 13.0 Å².